The number of amides is 2. The smallest absolute Gasteiger partial charge is 0.240 e. The minimum Gasteiger partial charge on any atom is -0.397 e. The third kappa shape index (κ3) is 4.53. The number of carbonyl (C=O) groups is 2. The fourth-order valence-corrected chi connectivity index (χ4v) is 3.15. The monoisotopic (exact) mass is 364 g/mol. The van der Waals surface area contributed by atoms with E-state index < -0.39 is 0 Å². The molecule has 140 valence electrons. The Balaban J connectivity index is 1.69. The topological polar surface area (TPSA) is 96.6 Å². The van der Waals surface area contributed by atoms with E-state index in [1.165, 1.54) is 0 Å². The van der Waals surface area contributed by atoms with Crippen LogP contribution < -0.4 is 16.5 Å². The van der Waals surface area contributed by atoms with Gasteiger partial charge in [0, 0.05) is 23.8 Å². The van der Waals surface area contributed by atoms with Gasteiger partial charge in [0.15, 0.2) is 0 Å². The highest BCUT2D eigenvalue weighted by atomic mass is 16.2. The highest BCUT2D eigenvalue weighted by Crippen LogP contribution is 2.24. The molecule has 0 saturated carbocycles. The summed E-state index contributed by atoms with van der Waals surface area (Å²) in [5.41, 5.74) is 12.5. The molecule has 3 rings (SSSR count). The number of benzene rings is 2. The molecule has 2 aromatic carbocycles. The number of anilines is 2. The molecule has 2 aromatic rings. The third-order valence-electron chi connectivity index (χ3n) is 4.70. The molecule has 0 aromatic heterocycles. The van der Waals surface area contributed by atoms with Crippen molar-refractivity contribution in [2.45, 2.75) is 26.7 Å². The summed E-state index contributed by atoms with van der Waals surface area (Å²) < 4.78 is 0. The number of hydrogen-bond donors (Lipinski definition) is 3. The molecule has 1 aliphatic rings. The molecule has 1 aliphatic heterocycles. The lowest BCUT2D eigenvalue weighted by atomic mass is 9.93. The van der Waals surface area contributed by atoms with Crippen LogP contribution in [0.25, 0.3) is 0 Å². The Morgan fingerprint density at radius 1 is 1.30 bits per heavy atom. The molecule has 0 fully saturated rings. The molecule has 0 bridgehead atoms. The van der Waals surface area contributed by atoms with Crippen molar-refractivity contribution < 1.29 is 9.59 Å². The van der Waals surface area contributed by atoms with E-state index in [0.29, 0.717) is 24.2 Å². The molecule has 0 saturated heterocycles. The Kier molecular flexibility index (Phi) is 5.54. The fraction of sp³-hybridized carbons (Fsp3) is 0.286. The van der Waals surface area contributed by atoms with Crippen LogP contribution in [0.5, 0.6) is 0 Å². The molecular weight excluding hydrogens is 340 g/mol. The first-order valence-corrected chi connectivity index (χ1v) is 9.05. The quantitative estimate of drug-likeness (QED) is 0.712. The molecule has 6 nitrogen and oxygen atoms in total. The van der Waals surface area contributed by atoms with Gasteiger partial charge in [0.1, 0.15) is 0 Å². The standard InChI is InChI=1S/C21H24N4O2/c1-13-11-19(26)24-25-20(13)16-8-9-18(17(22)12-16)23-21(27)14(2)10-15-6-4-3-5-7-15/h3-9,12-14H,10-11,22H2,1-2H3,(H,23,27)(H,24,26). The molecule has 6 heteroatoms. The fourth-order valence-electron chi connectivity index (χ4n) is 3.15. The summed E-state index contributed by atoms with van der Waals surface area (Å²) in [6, 6.07) is 15.3. The molecule has 27 heavy (non-hydrogen) atoms. The number of nitrogens with two attached hydrogens (primary N) is 1. The van der Waals surface area contributed by atoms with Crippen LogP contribution in [-0.4, -0.2) is 17.5 Å². The van der Waals surface area contributed by atoms with Crippen molar-refractivity contribution in [2.75, 3.05) is 11.1 Å². The number of hydrazone groups is 1. The SMILES string of the molecule is CC(Cc1ccccc1)C(=O)Nc1ccc(C2=NNC(=O)CC2C)cc1N. The number of nitrogens with one attached hydrogen (secondary N) is 2. The maximum atomic E-state index is 12.5. The Bertz CT molecular complexity index is 877. The molecule has 0 aliphatic carbocycles. The first-order valence-electron chi connectivity index (χ1n) is 9.05. The van der Waals surface area contributed by atoms with Gasteiger partial charge in [0.2, 0.25) is 11.8 Å². The van der Waals surface area contributed by atoms with Crippen LogP contribution >= 0.6 is 0 Å². The van der Waals surface area contributed by atoms with E-state index in [1.807, 2.05) is 50.2 Å². The predicted octanol–water partition coefficient (Wildman–Crippen LogP) is 2.95. The van der Waals surface area contributed by atoms with Gasteiger partial charge in [-0.1, -0.05) is 50.2 Å². The second kappa shape index (κ2) is 8.03. The Morgan fingerprint density at radius 3 is 2.70 bits per heavy atom. The van der Waals surface area contributed by atoms with Gasteiger partial charge in [-0.15, -0.1) is 0 Å². The number of nitrogen functional groups attached to an aromatic ring is 1. The van der Waals surface area contributed by atoms with Crippen molar-refractivity contribution in [3.63, 3.8) is 0 Å². The highest BCUT2D eigenvalue weighted by molar-refractivity contribution is 6.07. The summed E-state index contributed by atoms with van der Waals surface area (Å²) in [6.45, 7) is 3.85. The van der Waals surface area contributed by atoms with Gasteiger partial charge in [0.25, 0.3) is 0 Å². The summed E-state index contributed by atoms with van der Waals surface area (Å²) >= 11 is 0. The zero-order valence-corrected chi connectivity index (χ0v) is 15.5. The van der Waals surface area contributed by atoms with Crippen LogP contribution in [0.1, 0.15) is 31.4 Å². The van der Waals surface area contributed by atoms with Gasteiger partial charge in [0.05, 0.1) is 17.1 Å². The van der Waals surface area contributed by atoms with Crippen LogP contribution in [0, 0.1) is 11.8 Å². The Morgan fingerprint density at radius 2 is 2.04 bits per heavy atom. The zero-order valence-electron chi connectivity index (χ0n) is 15.5. The van der Waals surface area contributed by atoms with Gasteiger partial charge in [-0.25, -0.2) is 5.43 Å². The van der Waals surface area contributed by atoms with Crippen molar-refractivity contribution in [1.29, 1.82) is 0 Å². The largest absolute Gasteiger partial charge is 0.397 e. The molecule has 2 atom stereocenters. The summed E-state index contributed by atoms with van der Waals surface area (Å²) in [4.78, 5) is 23.9. The number of carbonyl (C=O) groups excluding carboxylic acids is 2. The summed E-state index contributed by atoms with van der Waals surface area (Å²) in [5.74, 6) is -0.321. The van der Waals surface area contributed by atoms with E-state index in [4.69, 9.17) is 5.73 Å². The normalized spacial score (nSPS) is 17.6. The molecule has 1 heterocycles. The van der Waals surface area contributed by atoms with E-state index in [0.717, 1.165) is 16.8 Å². The summed E-state index contributed by atoms with van der Waals surface area (Å²) in [6.07, 6.45) is 1.06. The zero-order chi connectivity index (χ0) is 19.4. The maximum Gasteiger partial charge on any atom is 0.240 e. The molecular formula is C21H24N4O2. The van der Waals surface area contributed by atoms with Crippen molar-refractivity contribution >= 4 is 28.9 Å². The second-order valence-corrected chi connectivity index (χ2v) is 7.02. The van der Waals surface area contributed by atoms with Gasteiger partial charge in [-0.2, -0.15) is 5.10 Å². The van der Waals surface area contributed by atoms with Crippen LogP contribution in [0.4, 0.5) is 11.4 Å². The van der Waals surface area contributed by atoms with E-state index >= 15 is 0 Å². The van der Waals surface area contributed by atoms with Crippen molar-refractivity contribution in [3.8, 4) is 0 Å². The summed E-state index contributed by atoms with van der Waals surface area (Å²) in [7, 11) is 0. The minimum atomic E-state index is -0.176. The molecule has 0 spiro atoms. The Labute approximate surface area is 158 Å². The van der Waals surface area contributed by atoms with Crippen LogP contribution in [0.2, 0.25) is 0 Å². The van der Waals surface area contributed by atoms with Crippen LogP contribution in [0.3, 0.4) is 0 Å². The highest BCUT2D eigenvalue weighted by Gasteiger charge is 2.22. The van der Waals surface area contributed by atoms with Crippen LogP contribution in [-0.2, 0) is 16.0 Å². The van der Waals surface area contributed by atoms with Crippen LogP contribution in [0.15, 0.2) is 53.6 Å². The lowest BCUT2D eigenvalue weighted by Gasteiger charge is -2.20. The second-order valence-electron chi connectivity index (χ2n) is 7.02. The van der Waals surface area contributed by atoms with Gasteiger partial charge < -0.3 is 11.1 Å². The maximum absolute atomic E-state index is 12.5. The van der Waals surface area contributed by atoms with Gasteiger partial charge in [-0.05, 0) is 24.1 Å². The molecule has 2 unspecified atom stereocenters. The predicted molar refractivity (Wildman–Crippen MR) is 107 cm³/mol. The van der Waals surface area contributed by atoms with E-state index in [2.05, 4.69) is 15.8 Å². The lowest BCUT2D eigenvalue weighted by molar-refractivity contribution is -0.122. The van der Waals surface area contributed by atoms with Crippen molar-refractivity contribution in [2.24, 2.45) is 16.9 Å². The van der Waals surface area contributed by atoms with E-state index in [-0.39, 0.29) is 23.7 Å². The number of hydrogen-bond acceptors (Lipinski definition) is 4. The third-order valence-corrected chi connectivity index (χ3v) is 4.70. The first kappa shape index (κ1) is 18.6. The van der Waals surface area contributed by atoms with Gasteiger partial charge in [-0.3, -0.25) is 9.59 Å². The molecule has 0 radical (unpaired) electrons. The number of nitrogens with zero attached hydrogens (tertiary/aromatic N) is 1. The first-order chi connectivity index (χ1) is 12.9. The lowest BCUT2D eigenvalue weighted by Crippen LogP contribution is -2.32. The summed E-state index contributed by atoms with van der Waals surface area (Å²) in [5, 5.41) is 7.05. The molecule has 4 N–H and O–H groups in total. The average Bonchev–Trinajstić information content (AvgIpc) is 2.64. The van der Waals surface area contributed by atoms with Crippen molar-refractivity contribution in [3.05, 3.63) is 59.7 Å². The van der Waals surface area contributed by atoms with Crippen molar-refractivity contribution in [1.82, 2.24) is 5.43 Å². The minimum absolute atomic E-state index is 0.0180. The molecule has 2 amide bonds. The average molecular weight is 364 g/mol. The van der Waals surface area contributed by atoms with E-state index in [9.17, 15) is 9.59 Å². The van der Waals surface area contributed by atoms with Gasteiger partial charge >= 0.3 is 0 Å². The number of rotatable bonds is 5. The van der Waals surface area contributed by atoms with E-state index in [1.54, 1.807) is 12.1 Å². The Hall–Kier alpha value is -3.15.